The van der Waals surface area contributed by atoms with Crippen molar-refractivity contribution in [1.29, 1.82) is 0 Å². The van der Waals surface area contributed by atoms with Gasteiger partial charge in [-0.1, -0.05) is 11.2 Å². The van der Waals surface area contributed by atoms with Crippen molar-refractivity contribution in [3.05, 3.63) is 47.7 Å². The van der Waals surface area contributed by atoms with E-state index in [1.165, 1.54) is 10.9 Å². The Hall–Kier alpha value is -2.22. The lowest BCUT2D eigenvalue weighted by Gasteiger charge is -2.15. The number of fused-ring (bicyclic) bond motifs is 1. The number of H-pyrrole nitrogens is 1. The first kappa shape index (κ1) is 17.2. The molecule has 1 saturated heterocycles. The summed E-state index contributed by atoms with van der Waals surface area (Å²) in [6.45, 7) is 3.16. The van der Waals surface area contributed by atoms with E-state index in [4.69, 9.17) is 9.26 Å². The van der Waals surface area contributed by atoms with Crippen molar-refractivity contribution in [3.63, 3.8) is 0 Å². The van der Waals surface area contributed by atoms with Gasteiger partial charge in [0.2, 0.25) is 5.89 Å². The molecule has 2 N–H and O–H groups in total. The molecule has 1 aliphatic heterocycles. The molecule has 3 heterocycles. The van der Waals surface area contributed by atoms with Crippen LogP contribution >= 0.6 is 0 Å². The third-order valence-corrected chi connectivity index (χ3v) is 5.11. The number of aromatic amines is 1. The number of nitrogens with one attached hydrogen (secondary N) is 1. The number of rotatable bonds is 7. The Morgan fingerprint density at radius 3 is 3.12 bits per heavy atom. The van der Waals surface area contributed by atoms with E-state index in [1.807, 2.05) is 6.20 Å². The normalized spacial score (nSPS) is 21.0. The molecule has 1 fully saturated rings. The lowest BCUT2D eigenvalue weighted by molar-refractivity contribution is 0.199. The minimum absolute atomic E-state index is 0.0692. The molecule has 0 spiro atoms. The van der Waals surface area contributed by atoms with Gasteiger partial charge in [0.05, 0.1) is 12.5 Å². The monoisotopic (exact) mass is 356 g/mol. The van der Waals surface area contributed by atoms with Crippen LogP contribution in [0.3, 0.4) is 0 Å². The quantitative estimate of drug-likeness (QED) is 0.673. The first-order chi connectivity index (χ1) is 12.8. The standard InChI is InChI=1S/C19H24N4O3/c1-25-7-5-18-21-19(26-22-18)16-11-23(10-15(16)12-24)9-13-2-3-17-14(8-13)4-6-20-17/h2-4,6,8,15-16,20,24H,5,7,9-12H2,1H3/t15-,16+/m0/s1. The highest BCUT2D eigenvalue weighted by Crippen LogP contribution is 2.32. The minimum atomic E-state index is 0.0692. The van der Waals surface area contributed by atoms with Crippen LogP contribution in [0, 0.1) is 5.92 Å². The van der Waals surface area contributed by atoms with Crippen molar-refractivity contribution in [3.8, 4) is 0 Å². The molecule has 0 bridgehead atoms. The Kier molecular flexibility index (Phi) is 5.01. The summed E-state index contributed by atoms with van der Waals surface area (Å²) >= 11 is 0. The molecule has 3 aromatic rings. The van der Waals surface area contributed by atoms with Crippen LogP contribution in [-0.2, 0) is 17.7 Å². The van der Waals surface area contributed by atoms with Gasteiger partial charge in [-0.3, -0.25) is 4.90 Å². The smallest absolute Gasteiger partial charge is 0.231 e. The van der Waals surface area contributed by atoms with Crippen molar-refractivity contribution in [2.75, 3.05) is 33.4 Å². The summed E-state index contributed by atoms with van der Waals surface area (Å²) in [5, 5.41) is 15.1. The second-order valence-electron chi connectivity index (χ2n) is 6.93. The lowest BCUT2D eigenvalue weighted by atomic mass is 9.97. The Morgan fingerprint density at radius 2 is 2.27 bits per heavy atom. The SMILES string of the molecule is COCCc1noc([C@@H]2CN(Cc3ccc4[nH]ccc4c3)C[C@H]2CO)n1. The Balaban J connectivity index is 1.45. The van der Waals surface area contributed by atoms with Gasteiger partial charge >= 0.3 is 0 Å². The average molecular weight is 356 g/mol. The van der Waals surface area contributed by atoms with Crippen LogP contribution in [0.2, 0.25) is 0 Å². The summed E-state index contributed by atoms with van der Waals surface area (Å²) in [4.78, 5) is 10.1. The van der Waals surface area contributed by atoms with Gasteiger partial charge in [0.25, 0.3) is 0 Å². The molecule has 1 aromatic carbocycles. The van der Waals surface area contributed by atoms with E-state index < -0.39 is 0 Å². The van der Waals surface area contributed by atoms with Gasteiger partial charge in [-0.2, -0.15) is 4.98 Å². The molecule has 7 heteroatoms. The second kappa shape index (κ2) is 7.57. The summed E-state index contributed by atoms with van der Waals surface area (Å²) in [7, 11) is 1.66. The third-order valence-electron chi connectivity index (χ3n) is 5.11. The number of aromatic nitrogens is 3. The van der Waals surface area contributed by atoms with Crippen LogP contribution in [-0.4, -0.2) is 58.5 Å². The molecule has 26 heavy (non-hydrogen) atoms. The van der Waals surface area contributed by atoms with Gasteiger partial charge in [-0.25, -0.2) is 0 Å². The molecule has 0 radical (unpaired) electrons. The van der Waals surface area contributed by atoms with E-state index >= 15 is 0 Å². The number of aliphatic hydroxyl groups excluding tert-OH is 1. The molecule has 7 nitrogen and oxygen atoms in total. The van der Waals surface area contributed by atoms with Gasteiger partial charge in [0, 0.05) is 57.4 Å². The number of aliphatic hydroxyl groups is 1. The van der Waals surface area contributed by atoms with E-state index in [-0.39, 0.29) is 18.4 Å². The number of hydrogen-bond donors (Lipinski definition) is 2. The molecule has 138 valence electrons. The van der Waals surface area contributed by atoms with Crippen molar-refractivity contribution >= 4 is 10.9 Å². The number of hydrogen-bond acceptors (Lipinski definition) is 6. The van der Waals surface area contributed by atoms with Gasteiger partial charge < -0.3 is 19.4 Å². The van der Waals surface area contributed by atoms with Crippen LogP contribution in [0.4, 0.5) is 0 Å². The Morgan fingerprint density at radius 1 is 1.35 bits per heavy atom. The fourth-order valence-corrected chi connectivity index (χ4v) is 3.73. The minimum Gasteiger partial charge on any atom is -0.396 e. The zero-order chi connectivity index (χ0) is 17.9. The molecule has 2 aromatic heterocycles. The first-order valence-corrected chi connectivity index (χ1v) is 8.97. The zero-order valence-corrected chi connectivity index (χ0v) is 14.9. The maximum atomic E-state index is 9.80. The topological polar surface area (TPSA) is 87.4 Å². The molecule has 1 aliphatic rings. The Bertz CT molecular complexity index is 859. The molecule has 0 amide bonds. The van der Waals surface area contributed by atoms with Crippen LogP contribution in [0.5, 0.6) is 0 Å². The van der Waals surface area contributed by atoms with E-state index in [1.54, 1.807) is 7.11 Å². The average Bonchev–Trinajstić information content (AvgIpc) is 3.38. The van der Waals surface area contributed by atoms with Crippen LogP contribution in [0.1, 0.15) is 23.2 Å². The van der Waals surface area contributed by atoms with E-state index in [2.05, 4.69) is 44.3 Å². The highest BCUT2D eigenvalue weighted by Gasteiger charge is 2.37. The fraction of sp³-hybridized carbons (Fsp3) is 0.474. The first-order valence-electron chi connectivity index (χ1n) is 8.97. The number of benzene rings is 1. The largest absolute Gasteiger partial charge is 0.396 e. The Labute approximate surface area is 152 Å². The van der Waals surface area contributed by atoms with Crippen molar-refractivity contribution in [2.24, 2.45) is 5.92 Å². The van der Waals surface area contributed by atoms with Gasteiger partial charge in [-0.15, -0.1) is 0 Å². The molecular weight excluding hydrogens is 332 g/mol. The molecule has 4 rings (SSSR count). The van der Waals surface area contributed by atoms with Crippen LogP contribution < -0.4 is 0 Å². The molecule has 0 unspecified atom stereocenters. The predicted octanol–water partition coefficient (Wildman–Crippen LogP) is 1.95. The maximum absolute atomic E-state index is 9.80. The number of ether oxygens (including phenoxy) is 1. The van der Waals surface area contributed by atoms with Crippen molar-refractivity contribution < 1.29 is 14.4 Å². The second-order valence-corrected chi connectivity index (χ2v) is 6.93. The highest BCUT2D eigenvalue weighted by molar-refractivity contribution is 5.79. The summed E-state index contributed by atoms with van der Waals surface area (Å²) in [6, 6.07) is 8.56. The fourth-order valence-electron chi connectivity index (χ4n) is 3.73. The van der Waals surface area contributed by atoms with Crippen LogP contribution in [0.25, 0.3) is 10.9 Å². The third kappa shape index (κ3) is 3.51. The summed E-state index contributed by atoms with van der Waals surface area (Å²) < 4.78 is 10.5. The summed E-state index contributed by atoms with van der Waals surface area (Å²) in [5.41, 5.74) is 2.41. The number of nitrogens with zero attached hydrogens (tertiary/aromatic N) is 3. The number of likely N-dealkylation sites (tertiary alicyclic amines) is 1. The van der Waals surface area contributed by atoms with Crippen molar-refractivity contribution in [1.82, 2.24) is 20.0 Å². The maximum Gasteiger partial charge on any atom is 0.231 e. The van der Waals surface area contributed by atoms with E-state index in [9.17, 15) is 5.11 Å². The van der Waals surface area contributed by atoms with Crippen LogP contribution in [0.15, 0.2) is 35.0 Å². The molecule has 0 aliphatic carbocycles. The summed E-state index contributed by atoms with van der Waals surface area (Å²) in [6.07, 6.45) is 2.59. The predicted molar refractivity (Wildman–Crippen MR) is 96.8 cm³/mol. The lowest BCUT2D eigenvalue weighted by Crippen LogP contribution is -2.20. The number of methoxy groups -OCH3 is 1. The summed E-state index contributed by atoms with van der Waals surface area (Å²) in [5.74, 6) is 1.47. The molecule has 0 saturated carbocycles. The van der Waals surface area contributed by atoms with E-state index in [0.29, 0.717) is 24.7 Å². The van der Waals surface area contributed by atoms with E-state index in [0.717, 1.165) is 25.2 Å². The van der Waals surface area contributed by atoms with Gasteiger partial charge in [-0.05, 0) is 29.1 Å². The highest BCUT2D eigenvalue weighted by atomic mass is 16.5. The molecular formula is C19H24N4O3. The zero-order valence-electron chi connectivity index (χ0n) is 14.9. The van der Waals surface area contributed by atoms with Crippen molar-refractivity contribution in [2.45, 2.75) is 18.9 Å². The molecule has 2 atom stereocenters. The van der Waals surface area contributed by atoms with Gasteiger partial charge in [0.15, 0.2) is 5.82 Å². The van der Waals surface area contributed by atoms with Gasteiger partial charge in [0.1, 0.15) is 0 Å².